The molecule has 0 fully saturated rings. The van der Waals surface area contributed by atoms with Gasteiger partial charge in [0.15, 0.2) is 0 Å². The maximum Gasteiger partial charge on any atom is 0.266 e. The molecule has 0 amide bonds. The van der Waals surface area contributed by atoms with Crippen molar-refractivity contribution in [1.82, 2.24) is 9.78 Å². The first kappa shape index (κ1) is 12.5. The zero-order valence-electron chi connectivity index (χ0n) is 10.6. The Labute approximate surface area is 106 Å². The van der Waals surface area contributed by atoms with Gasteiger partial charge in [0.2, 0.25) is 0 Å². The lowest BCUT2D eigenvalue weighted by molar-refractivity contribution is 0.503. The molecule has 0 aliphatic heterocycles. The Morgan fingerprint density at radius 3 is 2.72 bits per heavy atom. The van der Waals surface area contributed by atoms with Crippen molar-refractivity contribution in [2.24, 2.45) is 5.73 Å². The Kier molecular flexibility index (Phi) is 3.58. The fourth-order valence-corrected chi connectivity index (χ4v) is 1.81. The second kappa shape index (κ2) is 5.14. The van der Waals surface area contributed by atoms with Gasteiger partial charge in [-0.15, -0.1) is 0 Å². The topological polar surface area (TPSA) is 60.9 Å². The number of hydrogen-bond acceptors (Lipinski definition) is 3. The van der Waals surface area contributed by atoms with E-state index in [9.17, 15) is 4.79 Å². The molecule has 0 aliphatic carbocycles. The Balaban J connectivity index is 2.22. The van der Waals surface area contributed by atoms with Gasteiger partial charge in [0.05, 0.1) is 6.54 Å². The van der Waals surface area contributed by atoms with Crippen molar-refractivity contribution in [3.63, 3.8) is 0 Å². The summed E-state index contributed by atoms with van der Waals surface area (Å²) < 4.78 is 1.39. The highest BCUT2D eigenvalue weighted by molar-refractivity contribution is 5.31. The first-order chi connectivity index (χ1) is 8.58. The summed E-state index contributed by atoms with van der Waals surface area (Å²) in [5, 5.41) is 4.01. The summed E-state index contributed by atoms with van der Waals surface area (Å²) >= 11 is 0. The van der Waals surface area contributed by atoms with Crippen molar-refractivity contribution in [2.75, 3.05) is 0 Å². The minimum Gasteiger partial charge on any atom is -0.322 e. The Bertz CT molecular complexity index is 604. The van der Waals surface area contributed by atoms with Crippen molar-refractivity contribution in [2.45, 2.75) is 26.4 Å². The molecular weight excluding hydrogens is 226 g/mol. The average molecular weight is 243 g/mol. The van der Waals surface area contributed by atoms with Gasteiger partial charge in [-0.25, -0.2) is 4.68 Å². The number of aromatic nitrogens is 2. The number of rotatable bonds is 3. The largest absolute Gasteiger partial charge is 0.322 e. The van der Waals surface area contributed by atoms with Crippen LogP contribution >= 0.6 is 0 Å². The molecule has 94 valence electrons. The summed E-state index contributed by atoms with van der Waals surface area (Å²) in [5.41, 5.74) is 9.45. The maximum atomic E-state index is 11.6. The van der Waals surface area contributed by atoms with Crippen LogP contribution in [0.3, 0.4) is 0 Å². The summed E-state index contributed by atoms with van der Waals surface area (Å²) in [7, 11) is 0. The molecule has 18 heavy (non-hydrogen) atoms. The smallest absolute Gasteiger partial charge is 0.266 e. The summed E-state index contributed by atoms with van der Waals surface area (Å²) in [5.74, 6) is 0. The van der Waals surface area contributed by atoms with E-state index in [-0.39, 0.29) is 11.6 Å². The molecule has 0 radical (unpaired) electrons. The molecule has 2 rings (SSSR count). The number of aryl methyl sites for hydroxylation is 2. The van der Waals surface area contributed by atoms with Crippen LogP contribution in [0.25, 0.3) is 0 Å². The van der Waals surface area contributed by atoms with Gasteiger partial charge in [-0.2, -0.15) is 5.10 Å². The van der Waals surface area contributed by atoms with Crippen LogP contribution in [0.4, 0.5) is 0 Å². The van der Waals surface area contributed by atoms with Crippen LogP contribution in [0.15, 0.2) is 41.3 Å². The molecule has 2 N–H and O–H groups in total. The maximum absolute atomic E-state index is 11.6. The highest BCUT2D eigenvalue weighted by atomic mass is 16.1. The summed E-state index contributed by atoms with van der Waals surface area (Å²) in [6.07, 6.45) is 1.59. The molecule has 0 saturated heterocycles. The second-order valence-electron chi connectivity index (χ2n) is 4.49. The van der Waals surface area contributed by atoms with Gasteiger partial charge < -0.3 is 5.73 Å². The van der Waals surface area contributed by atoms with Gasteiger partial charge in [-0.05, 0) is 36.6 Å². The highest BCUT2D eigenvalue weighted by Crippen LogP contribution is 2.16. The van der Waals surface area contributed by atoms with E-state index in [0.717, 1.165) is 5.56 Å². The predicted octanol–water partition coefficient (Wildman–Crippen LogP) is 1.56. The zero-order valence-corrected chi connectivity index (χ0v) is 10.6. The van der Waals surface area contributed by atoms with Crippen molar-refractivity contribution >= 4 is 0 Å². The number of nitrogens with zero attached hydrogens (tertiary/aromatic N) is 2. The van der Waals surface area contributed by atoms with Gasteiger partial charge >= 0.3 is 0 Å². The molecule has 0 spiro atoms. The van der Waals surface area contributed by atoms with E-state index in [0.29, 0.717) is 6.54 Å². The molecule has 0 aliphatic rings. The van der Waals surface area contributed by atoms with Crippen molar-refractivity contribution < 1.29 is 0 Å². The molecule has 1 heterocycles. The van der Waals surface area contributed by atoms with Crippen molar-refractivity contribution in [3.05, 3.63) is 63.6 Å². The SMILES string of the molecule is Cc1ccc(C(N)Cn2ncccc2=O)cc1C. The molecule has 1 atom stereocenters. The van der Waals surface area contributed by atoms with E-state index >= 15 is 0 Å². The first-order valence-electron chi connectivity index (χ1n) is 5.93. The summed E-state index contributed by atoms with van der Waals surface area (Å²) in [6.45, 7) is 4.51. The molecule has 4 nitrogen and oxygen atoms in total. The highest BCUT2D eigenvalue weighted by Gasteiger charge is 2.09. The van der Waals surface area contributed by atoms with E-state index in [1.165, 1.54) is 21.9 Å². The number of nitrogens with two attached hydrogens (primary N) is 1. The fraction of sp³-hybridized carbons (Fsp3) is 0.286. The summed E-state index contributed by atoms with van der Waals surface area (Å²) in [4.78, 5) is 11.6. The molecule has 1 aromatic heterocycles. The first-order valence-corrected chi connectivity index (χ1v) is 5.93. The lowest BCUT2D eigenvalue weighted by Gasteiger charge is -2.14. The average Bonchev–Trinajstić information content (AvgIpc) is 2.35. The van der Waals surface area contributed by atoms with Crippen LogP contribution in [-0.4, -0.2) is 9.78 Å². The third kappa shape index (κ3) is 2.65. The van der Waals surface area contributed by atoms with E-state index in [1.807, 2.05) is 12.1 Å². The molecular formula is C14H17N3O. The van der Waals surface area contributed by atoms with Crippen LogP contribution in [0.5, 0.6) is 0 Å². The lowest BCUT2D eigenvalue weighted by Crippen LogP contribution is -2.27. The van der Waals surface area contributed by atoms with Crippen LogP contribution in [0, 0.1) is 13.8 Å². The number of benzene rings is 1. The minimum absolute atomic E-state index is 0.128. The van der Waals surface area contributed by atoms with E-state index in [4.69, 9.17) is 5.73 Å². The standard InChI is InChI=1S/C14H17N3O/c1-10-5-6-12(8-11(10)2)13(15)9-17-14(18)4-3-7-16-17/h3-8,13H,9,15H2,1-2H3. The minimum atomic E-state index is -0.225. The van der Waals surface area contributed by atoms with Gasteiger partial charge in [-0.3, -0.25) is 4.79 Å². The molecule has 1 aromatic carbocycles. The Morgan fingerprint density at radius 1 is 1.28 bits per heavy atom. The summed E-state index contributed by atoms with van der Waals surface area (Å²) in [6, 6.07) is 9.00. The quantitative estimate of drug-likeness (QED) is 0.890. The van der Waals surface area contributed by atoms with Gasteiger partial charge in [-0.1, -0.05) is 18.2 Å². The van der Waals surface area contributed by atoms with Crippen LogP contribution < -0.4 is 11.3 Å². The Morgan fingerprint density at radius 2 is 2.06 bits per heavy atom. The molecule has 0 saturated carbocycles. The second-order valence-corrected chi connectivity index (χ2v) is 4.49. The molecule has 2 aromatic rings. The van der Waals surface area contributed by atoms with E-state index in [1.54, 1.807) is 12.3 Å². The molecule has 4 heteroatoms. The number of hydrogen-bond donors (Lipinski definition) is 1. The third-order valence-corrected chi connectivity index (χ3v) is 3.11. The van der Waals surface area contributed by atoms with Crippen molar-refractivity contribution in [3.8, 4) is 0 Å². The van der Waals surface area contributed by atoms with Crippen LogP contribution in [0.1, 0.15) is 22.7 Å². The van der Waals surface area contributed by atoms with Crippen LogP contribution in [0.2, 0.25) is 0 Å². The van der Waals surface area contributed by atoms with E-state index in [2.05, 4.69) is 25.0 Å². The van der Waals surface area contributed by atoms with Crippen LogP contribution in [-0.2, 0) is 6.54 Å². The Hall–Kier alpha value is -1.94. The molecule has 0 bridgehead atoms. The molecule has 1 unspecified atom stereocenters. The monoisotopic (exact) mass is 243 g/mol. The van der Waals surface area contributed by atoms with Gasteiger partial charge in [0.1, 0.15) is 0 Å². The van der Waals surface area contributed by atoms with E-state index < -0.39 is 0 Å². The predicted molar refractivity (Wildman–Crippen MR) is 71.3 cm³/mol. The van der Waals surface area contributed by atoms with Crippen molar-refractivity contribution in [1.29, 1.82) is 0 Å². The fourth-order valence-electron chi connectivity index (χ4n) is 1.81. The van der Waals surface area contributed by atoms with Gasteiger partial charge in [0, 0.05) is 18.3 Å². The van der Waals surface area contributed by atoms with Gasteiger partial charge in [0.25, 0.3) is 5.56 Å². The third-order valence-electron chi connectivity index (χ3n) is 3.11. The lowest BCUT2D eigenvalue weighted by atomic mass is 10.0. The zero-order chi connectivity index (χ0) is 13.1. The normalized spacial score (nSPS) is 12.4.